The lowest BCUT2D eigenvalue weighted by Gasteiger charge is -2.31. The van der Waals surface area contributed by atoms with Gasteiger partial charge in [-0.25, -0.2) is 0 Å². The molecule has 10 nitrogen and oxygen atoms in total. The SMILES string of the molecule is COC(=O)CNC(=O)[C@@H]1CC[C@@H]2CCC[C@H](NC(=O)[C@H](Cc3ccccc3)NC(C)=O)C(=O)N21. The molecule has 3 N–H and O–H groups in total. The third kappa shape index (κ3) is 6.33. The normalized spacial score (nSPS) is 22.7. The van der Waals surface area contributed by atoms with E-state index in [0.717, 1.165) is 18.4 Å². The summed E-state index contributed by atoms with van der Waals surface area (Å²) in [6.45, 7) is 1.07. The van der Waals surface area contributed by atoms with E-state index in [2.05, 4.69) is 20.7 Å². The number of nitrogens with zero attached hydrogens (tertiary/aromatic N) is 1. The lowest BCUT2D eigenvalue weighted by molar-refractivity contribution is -0.144. The van der Waals surface area contributed by atoms with Gasteiger partial charge < -0.3 is 25.6 Å². The van der Waals surface area contributed by atoms with Crippen LogP contribution in [0.3, 0.4) is 0 Å². The summed E-state index contributed by atoms with van der Waals surface area (Å²) in [6, 6.07) is 6.90. The van der Waals surface area contributed by atoms with Gasteiger partial charge in [-0.15, -0.1) is 0 Å². The lowest BCUT2D eigenvalue weighted by atomic mass is 10.0. The number of carbonyl (C=O) groups is 5. The number of methoxy groups -OCH3 is 1. The third-order valence-electron chi connectivity index (χ3n) is 6.32. The fourth-order valence-electron chi connectivity index (χ4n) is 4.68. The van der Waals surface area contributed by atoms with E-state index < -0.39 is 35.9 Å². The number of hydrogen-bond acceptors (Lipinski definition) is 6. The van der Waals surface area contributed by atoms with E-state index in [1.165, 1.54) is 14.0 Å². The van der Waals surface area contributed by atoms with Gasteiger partial charge in [0.2, 0.25) is 23.6 Å². The standard InChI is InChI=1S/C24H32N4O6/c1-15(29)26-19(13-16-7-4-3-5-8-16)22(31)27-18-10-6-9-17-11-12-20(28(17)24(18)33)23(32)25-14-21(30)34-2/h3-5,7-8,17-20H,6,9-14H2,1-2H3,(H,25,32)(H,26,29)(H,27,31)/t17-,18-,19-,20-/m0/s1. The van der Waals surface area contributed by atoms with Gasteiger partial charge in [0.15, 0.2) is 0 Å². The minimum absolute atomic E-state index is 0.0845. The molecular weight excluding hydrogens is 440 g/mol. The largest absolute Gasteiger partial charge is 0.468 e. The van der Waals surface area contributed by atoms with E-state index in [0.29, 0.717) is 19.3 Å². The maximum absolute atomic E-state index is 13.4. The van der Waals surface area contributed by atoms with Crippen molar-refractivity contribution in [2.24, 2.45) is 0 Å². The van der Waals surface area contributed by atoms with Crippen molar-refractivity contribution in [2.75, 3.05) is 13.7 Å². The number of esters is 1. The van der Waals surface area contributed by atoms with Crippen LogP contribution in [0.4, 0.5) is 0 Å². The van der Waals surface area contributed by atoms with Crippen molar-refractivity contribution < 1.29 is 28.7 Å². The van der Waals surface area contributed by atoms with E-state index in [1.54, 1.807) is 4.90 Å². The Bertz CT molecular complexity index is 921. The Hall–Kier alpha value is -3.43. The molecule has 0 aliphatic carbocycles. The van der Waals surface area contributed by atoms with Crippen molar-refractivity contribution >= 4 is 29.6 Å². The maximum Gasteiger partial charge on any atom is 0.325 e. The monoisotopic (exact) mass is 472 g/mol. The number of fused-ring (bicyclic) bond motifs is 1. The molecule has 3 rings (SSSR count). The average molecular weight is 473 g/mol. The Morgan fingerprint density at radius 1 is 1.09 bits per heavy atom. The lowest BCUT2D eigenvalue weighted by Crippen LogP contribution is -2.57. The molecule has 2 aliphatic rings. The first-order valence-corrected chi connectivity index (χ1v) is 11.6. The van der Waals surface area contributed by atoms with Crippen LogP contribution in [0.5, 0.6) is 0 Å². The summed E-state index contributed by atoms with van der Waals surface area (Å²) in [5, 5.41) is 8.02. The van der Waals surface area contributed by atoms with Crippen LogP contribution in [0.1, 0.15) is 44.6 Å². The van der Waals surface area contributed by atoms with Gasteiger partial charge in [0, 0.05) is 19.4 Å². The van der Waals surface area contributed by atoms with Gasteiger partial charge in [0.1, 0.15) is 24.7 Å². The smallest absolute Gasteiger partial charge is 0.325 e. The second-order valence-corrected chi connectivity index (χ2v) is 8.72. The zero-order valence-electron chi connectivity index (χ0n) is 19.5. The topological polar surface area (TPSA) is 134 Å². The van der Waals surface area contributed by atoms with E-state index >= 15 is 0 Å². The third-order valence-corrected chi connectivity index (χ3v) is 6.32. The predicted molar refractivity (Wildman–Crippen MR) is 122 cm³/mol. The Morgan fingerprint density at radius 3 is 2.50 bits per heavy atom. The van der Waals surface area contributed by atoms with Crippen molar-refractivity contribution in [3.63, 3.8) is 0 Å². The van der Waals surface area contributed by atoms with Crippen molar-refractivity contribution in [1.29, 1.82) is 0 Å². The first kappa shape index (κ1) is 25.2. The van der Waals surface area contributed by atoms with Gasteiger partial charge in [-0.1, -0.05) is 30.3 Å². The van der Waals surface area contributed by atoms with Gasteiger partial charge in [0.05, 0.1) is 7.11 Å². The van der Waals surface area contributed by atoms with Crippen LogP contribution in [0.2, 0.25) is 0 Å². The molecule has 0 saturated carbocycles. The van der Waals surface area contributed by atoms with Crippen LogP contribution >= 0.6 is 0 Å². The molecule has 2 aliphatic heterocycles. The summed E-state index contributed by atoms with van der Waals surface area (Å²) >= 11 is 0. The molecule has 1 aromatic carbocycles. The molecule has 4 amide bonds. The summed E-state index contributed by atoms with van der Waals surface area (Å²) < 4.78 is 4.55. The first-order valence-electron chi connectivity index (χ1n) is 11.6. The summed E-state index contributed by atoms with van der Waals surface area (Å²) in [4.78, 5) is 63.9. The van der Waals surface area contributed by atoms with E-state index in [1.807, 2.05) is 30.3 Å². The highest BCUT2D eigenvalue weighted by molar-refractivity contribution is 5.95. The van der Waals surface area contributed by atoms with Crippen LogP contribution in [-0.4, -0.2) is 72.3 Å². The zero-order valence-corrected chi connectivity index (χ0v) is 19.5. The molecule has 184 valence electrons. The number of hydrogen-bond donors (Lipinski definition) is 3. The van der Waals surface area contributed by atoms with Crippen LogP contribution < -0.4 is 16.0 Å². The first-order chi connectivity index (χ1) is 16.3. The van der Waals surface area contributed by atoms with E-state index in [-0.39, 0.29) is 30.8 Å². The number of rotatable bonds is 8. The molecule has 0 spiro atoms. The molecular formula is C24H32N4O6. The molecule has 2 heterocycles. The number of ether oxygens (including phenoxy) is 1. The van der Waals surface area contributed by atoms with Crippen molar-refractivity contribution in [2.45, 2.75) is 69.6 Å². The Morgan fingerprint density at radius 2 is 1.82 bits per heavy atom. The molecule has 2 fully saturated rings. The van der Waals surface area contributed by atoms with Gasteiger partial charge in [-0.3, -0.25) is 24.0 Å². The predicted octanol–water partition coefficient (Wildman–Crippen LogP) is 0.0513. The Balaban J connectivity index is 1.70. The number of benzene rings is 1. The molecule has 34 heavy (non-hydrogen) atoms. The Kier molecular flexibility index (Phi) is 8.61. The van der Waals surface area contributed by atoms with Crippen LogP contribution in [0, 0.1) is 0 Å². The quantitative estimate of drug-likeness (QED) is 0.458. The molecule has 0 unspecified atom stereocenters. The van der Waals surface area contributed by atoms with E-state index in [4.69, 9.17) is 0 Å². The fourth-order valence-corrected chi connectivity index (χ4v) is 4.68. The molecule has 1 aromatic rings. The van der Waals surface area contributed by atoms with E-state index in [9.17, 15) is 24.0 Å². The molecule has 10 heteroatoms. The molecule has 0 aromatic heterocycles. The Labute approximate surface area is 198 Å². The highest BCUT2D eigenvalue weighted by atomic mass is 16.5. The van der Waals surface area contributed by atoms with Gasteiger partial charge in [0.25, 0.3) is 0 Å². The summed E-state index contributed by atoms with van der Waals surface area (Å²) in [7, 11) is 1.23. The highest BCUT2D eigenvalue weighted by Crippen LogP contribution is 2.32. The van der Waals surface area contributed by atoms with Crippen molar-refractivity contribution in [3.05, 3.63) is 35.9 Å². The molecule has 2 saturated heterocycles. The van der Waals surface area contributed by atoms with Gasteiger partial charge in [-0.05, 0) is 37.7 Å². The second kappa shape index (κ2) is 11.6. The fraction of sp³-hybridized carbons (Fsp3) is 0.542. The van der Waals surface area contributed by atoms with Gasteiger partial charge in [-0.2, -0.15) is 0 Å². The maximum atomic E-state index is 13.4. The summed E-state index contributed by atoms with van der Waals surface area (Å²) in [6.07, 6.45) is 3.37. The minimum atomic E-state index is -0.829. The van der Waals surface area contributed by atoms with Crippen LogP contribution in [0.15, 0.2) is 30.3 Å². The number of carbonyl (C=O) groups excluding carboxylic acids is 5. The van der Waals surface area contributed by atoms with Gasteiger partial charge >= 0.3 is 5.97 Å². The summed E-state index contributed by atoms with van der Waals surface area (Å²) in [5.41, 5.74) is 0.880. The van der Waals surface area contributed by atoms with Crippen LogP contribution in [0.25, 0.3) is 0 Å². The highest BCUT2D eigenvalue weighted by Gasteiger charge is 2.45. The number of nitrogens with one attached hydrogen (secondary N) is 3. The average Bonchev–Trinajstić information content (AvgIpc) is 3.18. The number of amides is 4. The van der Waals surface area contributed by atoms with Crippen molar-refractivity contribution in [1.82, 2.24) is 20.9 Å². The molecule has 0 radical (unpaired) electrons. The molecule has 0 bridgehead atoms. The second-order valence-electron chi connectivity index (χ2n) is 8.72. The van der Waals surface area contributed by atoms with Crippen LogP contribution in [-0.2, 0) is 35.1 Å². The summed E-state index contributed by atoms with van der Waals surface area (Å²) in [5.74, 6) is -2.08. The van der Waals surface area contributed by atoms with Crippen molar-refractivity contribution in [3.8, 4) is 0 Å². The minimum Gasteiger partial charge on any atom is -0.468 e. The zero-order chi connectivity index (χ0) is 24.7. The molecule has 4 atom stereocenters.